The minimum Gasteiger partial charge on any atom is -0.276 e. The van der Waals surface area contributed by atoms with Crippen molar-refractivity contribution in [3.8, 4) is 0 Å². The summed E-state index contributed by atoms with van der Waals surface area (Å²) in [4.78, 5) is 0.202. The van der Waals surface area contributed by atoms with E-state index in [0.717, 1.165) is 11.1 Å². The number of rotatable bonds is 5. The quantitative estimate of drug-likeness (QED) is 0.740. The van der Waals surface area contributed by atoms with Gasteiger partial charge in [0, 0.05) is 0 Å². The highest BCUT2D eigenvalue weighted by atomic mass is 32.2. The second-order valence-corrected chi connectivity index (χ2v) is 7.93. The van der Waals surface area contributed by atoms with E-state index < -0.39 is 10.0 Å². The van der Waals surface area contributed by atoms with Gasteiger partial charge in [-0.2, -0.15) is 5.10 Å². The largest absolute Gasteiger partial charge is 0.276 e. The van der Waals surface area contributed by atoms with Crippen LogP contribution in [-0.2, 0) is 16.6 Å². The van der Waals surface area contributed by atoms with E-state index >= 15 is 0 Å². The Hall–Kier alpha value is -2.67. The summed E-state index contributed by atoms with van der Waals surface area (Å²) < 4.78 is 42.6. The number of aryl methyl sites for hydroxylation is 2. The molecule has 7 heteroatoms. The molecule has 0 saturated carbocycles. The fraction of sp³-hybridized carbons (Fsp3) is 0.211. The zero-order valence-electron chi connectivity index (χ0n) is 14.8. The number of sulfonamides is 1. The second kappa shape index (κ2) is 6.92. The van der Waals surface area contributed by atoms with Crippen LogP contribution in [0.2, 0.25) is 0 Å². The van der Waals surface area contributed by atoms with Gasteiger partial charge in [-0.05, 0) is 50.6 Å². The number of nitrogens with one attached hydrogen (secondary N) is 1. The lowest BCUT2D eigenvalue weighted by Crippen LogP contribution is -2.14. The van der Waals surface area contributed by atoms with E-state index in [0.29, 0.717) is 23.6 Å². The third-order valence-corrected chi connectivity index (χ3v) is 5.56. The summed E-state index contributed by atoms with van der Waals surface area (Å²) in [5.74, 6) is -0.298. The van der Waals surface area contributed by atoms with Gasteiger partial charge in [0.1, 0.15) is 5.82 Å². The van der Waals surface area contributed by atoms with Crippen molar-refractivity contribution in [2.75, 3.05) is 4.72 Å². The van der Waals surface area contributed by atoms with E-state index in [1.54, 1.807) is 54.9 Å². The Bertz CT molecular complexity index is 1020. The van der Waals surface area contributed by atoms with Gasteiger partial charge < -0.3 is 0 Å². The summed E-state index contributed by atoms with van der Waals surface area (Å²) in [5, 5.41) is 4.42. The third-order valence-electron chi connectivity index (χ3n) is 4.19. The van der Waals surface area contributed by atoms with Crippen LogP contribution in [0.5, 0.6) is 0 Å². The van der Waals surface area contributed by atoms with Crippen molar-refractivity contribution in [2.45, 2.75) is 32.2 Å². The molecule has 0 aliphatic heterocycles. The van der Waals surface area contributed by atoms with Crippen molar-refractivity contribution in [3.63, 3.8) is 0 Å². The average Bonchev–Trinajstić information content (AvgIpc) is 2.84. The van der Waals surface area contributed by atoms with Crippen molar-refractivity contribution in [2.24, 2.45) is 0 Å². The van der Waals surface area contributed by atoms with Crippen LogP contribution >= 0.6 is 0 Å². The van der Waals surface area contributed by atoms with Gasteiger partial charge in [0.15, 0.2) is 0 Å². The number of anilines is 1. The van der Waals surface area contributed by atoms with Crippen LogP contribution in [0.4, 0.5) is 10.1 Å². The van der Waals surface area contributed by atoms with Gasteiger partial charge >= 0.3 is 0 Å². The highest BCUT2D eigenvalue weighted by Gasteiger charge is 2.20. The van der Waals surface area contributed by atoms with E-state index in [2.05, 4.69) is 9.82 Å². The molecular formula is C19H20FN3O2S. The van der Waals surface area contributed by atoms with Crippen LogP contribution in [0.1, 0.15) is 22.5 Å². The lowest BCUT2D eigenvalue weighted by atomic mass is 10.2. The molecule has 0 aliphatic carbocycles. The van der Waals surface area contributed by atoms with Crippen LogP contribution in [0.3, 0.4) is 0 Å². The summed E-state index contributed by atoms with van der Waals surface area (Å²) in [6.07, 6.45) is 0. The fourth-order valence-corrected chi connectivity index (χ4v) is 3.85. The van der Waals surface area contributed by atoms with Gasteiger partial charge in [-0.1, -0.05) is 29.8 Å². The Labute approximate surface area is 152 Å². The minimum absolute atomic E-state index is 0.202. The maximum Gasteiger partial charge on any atom is 0.262 e. The van der Waals surface area contributed by atoms with Gasteiger partial charge in [0.2, 0.25) is 0 Å². The molecule has 2 aromatic carbocycles. The molecule has 0 radical (unpaired) electrons. The topological polar surface area (TPSA) is 64.0 Å². The maximum absolute atomic E-state index is 13.0. The number of benzene rings is 2. The number of nitrogens with zero attached hydrogens (tertiary/aromatic N) is 2. The number of hydrogen-bond donors (Lipinski definition) is 1. The Morgan fingerprint density at radius 2 is 1.62 bits per heavy atom. The zero-order chi connectivity index (χ0) is 18.9. The SMILES string of the molecule is Cc1ccc(S(=O)(=O)Nc2c(C)nn(Cc3ccc(F)cc3)c2C)cc1. The highest BCUT2D eigenvalue weighted by molar-refractivity contribution is 7.92. The van der Waals surface area contributed by atoms with Crippen molar-refractivity contribution in [1.82, 2.24) is 9.78 Å². The summed E-state index contributed by atoms with van der Waals surface area (Å²) in [7, 11) is -3.69. The van der Waals surface area contributed by atoms with Crippen LogP contribution < -0.4 is 4.72 Å². The molecule has 1 aromatic heterocycles. The molecule has 26 heavy (non-hydrogen) atoms. The molecule has 3 rings (SSSR count). The van der Waals surface area contributed by atoms with Gasteiger partial charge in [-0.25, -0.2) is 12.8 Å². The Morgan fingerprint density at radius 3 is 2.23 bits per heavy atom. The molecule has 1 heterocycles. The highest BCUT2D eigenvalue weighted by Crippen LogP contribution is 2.24. The van der Waals surface area contributed by atoms with E-state index in [-0.39, 0.29) is 10.7 Å². The molecule has 0 spiro atoms. The van der Waals surface area contributed by atoms with Crippen LogP contribution in [-0.4, -0.2) is 18.2 Å². The number of aromatic nitrogens is 2. The molecule has 0 atom stereocenters. The number of halogens is 1. The van der Waals surface area contributed by atoms with Gasteiger partial charge in [-0.15, -0.1) is 0 Å². The third kappa shape index (κ3) is 3.77. The Balaban J connectivity index is 1.88. The van der Waals surface area contributed by atoms with E-state index in [1.807, 2.05) is 6.92 Å². The standard InChI is InChI=1S/C19H20FN3O2S/c1-13-4-10-18(11-5-13)26(24,25)22-19-14(2)21-23(15(19)3)12-16-6-8-17(20)9-7-16/h4-11,22H,12H2,1-3H3. The molecule has 1 N–H and O–H groups in total. The molecule has 0 unspecified atom stereocenters. The van der Waals surface area contributed by atoms with Crippen molar-refractivity contribution >= 4 is 15.7 Å². The van der Waals surface area contributed by atoms with E-state index in [1.165, 1.54) is 12.1 Å². The van der Waals surface area contributed by atoms with Crippen molar-refractivity contribution in [3.05, 3.63) is 76.9 Å². The minimum atomic E-state index is -3.69. The molecule has 5 nitrogen and oxygen atoms in total. The first-order chi connectivity index (χ1) is 12.3. The summed E-state index contributed by atoms with van der Waals surface area (Å²) >= 11 is 0. The first kappa shape index (κ1) is 18.1. The van der Waals surface area contributed by atoms with Gasteiger partial charge in [0.05, 0.1) is 28.5 Å². The van der Waals surface area contributed by atoms with Crippen molar-refractivity contribution in [1.29, 1.82) is 0 Å². The van der Waals surface area contributed by atoms with Crippen LogP contribution in [0.15, 0.2) is 53.4 Å². The lowest BCUT2D eigenvalue weighted by molar-refractivity contribution is 0.601. The molecule has 0 bridgehead atoms. The molecule has 0 saturated heterocycles. The average molecular weight is 373 g/mol. The molecular weight excluding hydrogens is 353 g/mol. The fourth-order valence-electron chi connectivity index (χ4n) is 2.67. The molecule has 136 valence electrons. The first-order valence-electron chi connectivity index (χ1n) is 8.14. The van der Waals surface area contributed by atoms with Crippen molar-refractivity contribution < 1.29 is 12.8 Å². The monoisotopic (exact) mass is 373 g/mol. The summed E-state index contributed by atoms with van der Waals surface area (Å²) in [6.45, 7) is 5.88. The van der Waals surface area contributed by atoms with E-state index in [4.69, 9.17) is 0 Å². The lowest BCUT2D eigenvalue weighted by Gasteiger charge is -2.09. The predicted molar refractivity (Wildman–Crippen MR) is 99.2 cm³/mol. The van der Waals surface area contributed by atoms with Gasteiger partial charge in [0.25, 0.3) is 10.0 Å². The zero-order valence-corrected chi connectivity index (χ0v) is 15.6. The molecule has 0 fully saturated rings. The Kier molecular flexibility index (Phi) is 4.82. The molecule has 3 aromatic rings. The molecule has 0 amide bonds. The Morgan fingerprint density at radius 1 is 1.00 bits per heavy atom. The number of hydrogen-bond acceptors (Lipinski definition) is 3. The summed E-state index contributed by atoms with van der Waals surface area (Å²) in [6, 6.07) is 12.8. The predicted octanol–water partition coefficient (Wildman–Crippen LogP) is 3.80. The smallest absolute Gasteiger partial charge is 0.262 e. The van der Waals surface area contributed by atoms with E-state index in [9.17, 15) is 12.8 Å². The summed E-state index contributed by atoms with van der Waals surface area (Å²) in [5.41, 5.74) is 3.61. The van der Waals surface area contributed by atoms with Crippen LogP contribution in [0.25, 0.3) is 0 Å². The first-order valence-corrected chi connectivity index (χ1v) is 9.62. The van der Waals surface area contributed by atoms with Gasteiger partial charge in [-0.3, -0.25) is 9.40 Å². The maximum atomic E-state index is 13.0. The molecule has 0 aliphatic rings. The van der Waals surface area contributed by atoms with Crippen LogP contribution in [0, 0.1) is 26.6 Å². The normalized spacial score (nSPS) is 11.5. The second-order valence-electron chi connectivity index (χ2n) is 6.25.